The molecular formula is C19H19N3O3. The Bertz CT molecular complexity index is 906. The van der Waals surface area contributed by atoms with Gasteiger partial charge in [0.15, 0.2) is 0 Å². The first-order chi connectivity index (χ1) is 12.0. The molecule has 1 aliphatic carbocycles. The minimum atomic E-state index is -1.07. The van der Waals surface area contributed by atoms with Gasteiger partial charge in [-0.3, -0.25) is 9.48 Å². The number of aryl methyl sites for hydroxylation is 2. The van der Waals surface area contributed by atoms with Crippen molar-refractivity contribution in [3.63, 3.8) is 0 Å². The smallest absolute Gasteiger partial charge is 0.338 e. The van der Waals surface area contributed by atoms with Crippen molar-refractivity contribution >= 4 is 17.4 Å². The number of aromatic nitrogens is 2. The van der Waals surface area contributed by atoms with E-state index in [0.717, 1.165) is 5.56 Å². The number of rotatable bonds is 5. The van der Waals surface area contributed by atoms with Gasteiger partial charge in [0.25, 0.3) is 5.91 Å². The fraction of sp³-hybridized carbons (Fsp3) is 0.211. The molecule has 1 amide bonds. The van der Waals surface area contributed by atoms with E-state index in [-0.39, 0.29) is 11.5 Å². The van der Waals surface area contributed by atoms with E-state index in [4.69, 9.17) is 0 Å². The molecule has 6 heteroatoms. The van der Waals surface area contributed by atoms with Crippen LogP contribution in [0.15, 0.2) is 53.9 Å². The van der Waals surface area contributed by atoms with Crippen LogP contribution in [-0.4, -0.2) is 26.8 Å². The summed E-state index contributed by atoms with van der Waals surface area (Å²) < 4.78 is 1.74. The molecular weight excluding hydrogens is 318 g/mol. The molecule has 3 rings (SSSR count). The quantitative estimate of drug-likeness (QED) is 0.879. The van der Waals surface area contributed by atoms with Crippen LogP contribution in [0.1, 0.15) is 35.0 Å². The molecule has 0 saturated heterocycles. The summed E-state index contributed by atoms with van der Waals surface area (Å²) in [4.78, 5) is 24.2. The molecule has 0 atom stereocenters. The van der Waals surface area contributed by atoms with Gasteiger partial charge in [-0.2, -0.15) is 5.10 Å². The number of aliphatic carboxylic acids is 1. The number of carboxylic acid groups (broad SMARTS) is 1. The zero-order valence-electron chi connectivity index (χ0n) is 14.1. The van der Waals surface area contributed by atoms with Crippen LogP contribution in [0.3, 0.4) is 0 Å². The Labute approximate surface area is 145 Å². The summed E-state index contributed by atoms with van der Waals surface area (Å²) in [6, 6.07) is 8.95. The van der Waals surface area contributed by atoms with Gasteiger partial charge in [-0.05, 0) is 32.0 Å². The standard InChI is InChI=1S/C19H19N3O3/c1-3-22-10-9-15(21-22)14-7-8-16(17(14)19(24)25)20-18(23)13-6-4-5-12(2)11-13/h4-7,9-11H,3,8H2,1-2H3,(H,20,23)(H,24,25). The van der Waals surface area contributed by atoms with Crippen molar-refractivity contribution in [2.45, 2.75) is 26.8 Å². The lowest BCUT2D eigenvalue weighted by atomic mass is 10.1. The molecule has 0 aliphatic heterocycles. The summed E-state index contributed by atoms with van der Waals surface area (Å²) in [5.41, 5.74) is 3.09. The van der Waals surface area contributed by atoms with Crippen LogP contribution in [0.25, 0.3) is 5.57 Å². The van der Waals surface area contributed by atoms with Gasteiger partial charge in [0.1, 0.15) is 0 Å². The maximum atomic E-state index is 12.4. The van der Waals surface area contributed by atoms with Gasteiger partial charge in [-0.25, -0.2) is 4.79 Å². The molecule has 0 unspecified atom stereocenters. The number of nitrogens with zero attached hydrogens (tertiary/aromatic N) is 2. The number of hydrogen-bond donors (Lipinski definition) is 2. The summed E-state index contributed by atoms with van der Waals surface area (Å²) in [7, 11) is 0. The van der Waals surface area contributed by atoms with Crippen molar-refractivity contribution in [3.8, 4) is 0 Å². The predicted octanol–water partition coefficient (Wildman–Crippen LogP) is 2.77. The lowest BCUT2D eigenvalue weighted by Gasteiger charge is -2.09. The lowest BCUT2D eigenvalue weighted by molar-refractivity contribution is -0.132. The van der Waals surface area contributed by atoms with Gasteiger partial charge in [-0.15, -0.1) is 0 Å². The van der Waals surface area contributed by atoms with E-state index in [0.29, 0.717) is 35.5 Å². The molecule has 0 fully saturated rings. The van der Waals surface area contributed by atoms with Crippen LogP contribution in [0, 0.1) is 6.92 Å². The molecule has 1 aromatic carbocycles. The van der Waals surface area contributed by atoms with Crippen molar-refractivity contribution in [1.82, 2.24) is 15.1 Å². The Hall–Kier alpha value is -3.15. The Morgan fingerprint density at radius 2 is 2.12 bits per heavy atom. The second-order valence-corrected chi connectivity index (χ2v) is 5.86. The first-order valence-corrected chi connectivity index (χ1v) is 8.08. The Morgan fingerprint density at radius 1 is 1.32 bits per heavy atom. The average Bonchev–Trinajstić information content (AvgIpc) is 3.21. The topological polar surface area (TPSA) is 84.2 Å². The van der Waals surface area contributed by atoms with Crippen LogP contribution in [0.2, 0.25) is 0 Å². The predicted molar refractivity (Wildman–Crippen MR) is 93.8 cm³/mol. The zero-order valence-corrected chi connectivity index (χ0v) is 14.1. The molecule has 0 saturated carbocycles. The number of hydrogen-bond acceptors (Lipinski definition) is 3. The third-order valence-electron chi connectivity index (χ3n) is 4.08. The molecule has 0 bridgehead atoms. The number of carbonyl (C=O) groups excluding carboxylic acids is 1. The molecule has 6 nitrogen and oxygen atoms in total. The highest BCUT2D eigenvalue weighted by Gasteiger charge is 2.27. The normalized spacial score (nSPS) is 13.8. The highest BCUT2D eigenvalue weighted by molar-refractivity contribution is 6.08. The van der Waals surface area contributed by atoms with Gasteiger partial charge in [0, 0.05) is 36.0 Å². The van der Waals surface area contributed by atoms with Crippen molar-refractivity contribution in [1.29, 1.82) is 0 Å². The lowest BCUT2D eigenvalue weighted by Crippen LogP contribution is -2.24. The van der Waals surface area contributed by atoms with Gasteiger partial charge < -0.3 is 10.4 Å². The monoisotopic (exact) mass is 337 g/mol. The largest absolute Gasteiger partial charge is 0.478 e. The van der Waals surface area contributed by atoms with Crippen LogP contribution in [0.5, 0.6) is 0 Å². The van der Waals surface area contributed by atoms with Crippen molar-refractivity contribution in [2.75, 3.05) is 0 Å². The van der Waals surface area contributed by atoms with Crippen LogP contribution < -0.4 is 5.32 Å². The number of carboxylic acids is 1. The second kappa shape index (κ2) is 6.76. The van der Waals surface area contributed by atoms with Crippen LogP contribution >= 0.6 is 0 Å². The summed E-state index contributed by atoms with van der Waals surface area (Å²) in [6.45, 7) is 4.57. The molecule has 1 aliphatic rings. The highest BCUT2D eigenvalue weighted by Crippen LogP contribution is 2.32. The SMILES string of the molecule is CCn1ccc(C2=CCC(NC(=O)c3cccc(C)c3)=C2C(=O)O)n1. The average molecular weight is 337 g/mol. The number of carbonyl (C=O) groups is 2. The van der Waals surface area contributed by atoms with E-state index in [1.54, 1.807) is 41.2 Å². The molecule has 1 heterocycles. The maximum absolute atomic E-state index is 12.4. The van der Waals surface area contributed by atoms with Gasteiger partial charge in [-0.1, -0.05) is 23.8 Å². The van der Waals surface area contributed by atoms with Crippen molar-refractivity contribution < 1.29 is 14.7 Å². The summed E-state index contributed by atoms with van der Waals surface area (Å²) in [6.07, 6.45) is 3.95. The summed E-state index contributed by atoms with van der Waals surface area (Å²) in [5.74, 6) is -1.39. The highest BCUT2D eigenvalue weighted by atomic mass is 16.4. The minimum Gasteiger partial charge on any atom is -0.478 e. The summed E-state index contributed by atoms with van der Waals surface area (Å²) >= 11 is 0. The molecule has 1 aromatic heterocycles. The maximum Gasteiger partial charge on any atom is 0.338 e. The van der Waals surface area contributed by atoms with E-state index in [9.17, 15) is 14.7 Å². The van der Waals surface area contributed by atoms with E-state index in [2.05, 4.69) is 10.4 Å². The van der Waals surface area contributed by atoms with Crippen LogP contribution in [-0.2, 0) is 11.3 Å². The molecule has 25 heavy (non-hydrogen) atoms. The Kier molecular flexibility index (Phi) is 4.52. The van der Waals surface area contributed by atoms with Crippen LogP contribution in [0.4, 0.5) is 0 Å². The van der Waals surface area contributed by atoms with Gasteiger partial charge >= 0.3 is 5.97 Å². The molecule has 0 radical (unpaired) electrons. The number of amides is 1. The fourth-order valence-corrected chi connectivity index (χ4v) is 2.84. The van der Waals surface area contributed by atoms with Gasteiger partial charge in [0.2, 0.25) is 0 Å². The summed E-state index contributed by atoms with van der Waals surface area (Å²) in [5, 5.41) is 16.7. The third kappa shape index (κ3) is 3.38. The Balaban J connectivity index is 1.89. The second-order valence-electron chi connectivity index (χ2n) is 5.86. The first-order valence-electron chi connectivity index (χ1n) is 8.08. The molecule has 2 N–H and O–H groups in total. The van der Waals surface area contributed by atoms with E-state index < -0.39 is 5.97 Å². The van der Waals surface area contributed by atoms with Crippen molar-refractivity contribution in [2.24, 2.45) is 0 Å². The first kappa shape index (κ1) is 16.7. The zero-order chi connectivity index (χ0) is 18.0. The van der Waals surface area contributed by atoms with E-state index in [1.807, 2.05) is 19.9 Å². The molecule has 0 spiro atoms. The number of allylic oxidation sites excluding steroid dienone is 1. The van der Waals surface area contributed by atoms with E-state index in [1.165, 1.54) is 0 Å². The van der Waals surface area contributed by atoms with E-state index >= 15 is 0 Å². The Morgan fingerprint density at radius 3 is 2.76 bits per heavy atom. The third-order valence-corrected chi connectivity index (χ3v) is 4.08. The number of nitrogens with one attached hydrogen (secondary N) is 1. The number of benzene rings is 1. The minimum absolute atomic E-state index is 0.0994. The molecule has 2 aromatic rings. The van der Waals surface area contributed by atoms with Gasteiger partial charge in [0.05, 0.1) is 11.3 Å². The fourth-order valence-electron chi connectivity index (χ4n) is 2.84. The molecule has 128 valence electrons. The van der Waals surface area contributed by atoms with Crippen molar-refractivity contribution in [3.05, 3.63) is 70.7 Å².